The van der Waals surface area contributed by atoms with Crippen molar-refractivity contribution in [2.75, 3.05) is 6.61 Å². The number of rotatable bonds is 5. The number of nitriles is 2. The van der Waals surface area contributed by atoms with E-state index in [1.165, 1.54) is 18.2 Å². The summed E-state index contributed by atoms with van der Waals surface area (Å²) in [6, 6.07) is 8.08. The Hall–Kier alpha value is -2.66. The Bertz CT molecular complexity index is 547. The molecule has 0 aliphatic rings. The molecule has 0 aliphatic carbocycles. The second-order valence-electron chi connectivity index (χ2n) is 3.77. The van der Waals surface area contributed by atoms with Gasteiger partial charge in [0.2, 0.25) is 0 Å². The first kappa shape index (κ1) is 14.4. The van der Waals surface area contributed by atoms with Crippen molar-refractivity contribution in [2.24, 2.45) is 0 Å². The Labute approximate surface area is 111 Å². The normalized spacial score (nSPS) is 9.21. The summed E-state index contributed by atoms with van der Waals surface area (Å²) in [5.74, 6) is -1.22. The fourth-order valence-electron chi connectivity index (χ4n) is 1.53. The first-order valence-electron chi connectivity index (χ1n) is 5.76. The highest BCUT2D eigenvalue weighted by atomic mass is 16.5. The maximum absolute atomic E-state index is 12.0. The van der Waals surface area contributed by atoms with Gasteiger partial charge in [0.1, 0.15) is 6.42 Å². The van der Waals surface area contributed by atoms with Crippen LogP contribution in [0.25, 0.3) is 0 Å². The zero-order chi connectivity index (χ0) is 14.3. The van der Waals surface area contributed by atoms with Crippen molar-refractivity contribution in [3.8, 4) is 12.1 Å². The van der Waals surface area contributed by atoms with Crippen molar-refractivity contribution in [1.29, 1.82) is 10.5 Å². The molecule has 0 heterocycles. The highest BCUT2D eigenvalue weighted by Gasteiger charge is 2.19. The Kier molecular flexibility index (Phi) is 5.25. The SMILES string of the molecule is CCCOC(=O)CC(=O)c1c(C#N)cccc1C#N. The van der Waals surface area contributed by atoms with E-state index in [0.717, 1.165) is 0 Å². The van der Waals surface area contributed by atoms with E-state index in [9.17, 15) is 9.59 Å². The summed E-state index contributed by atoms with van der Waals surface area (Å²) in [6.07, 6.45) is 0.200. The van der Waals surface area contributed by atoms with Gasteiger partial charge in [-0.3, -0.25) is 9.59 Å². The number of hydrogen-bond donors (Lipinski definition) is 0. The van der Waals surface area contributed by atoms with Gasteiger partial charge in [-0.05, 0) is 18.6 Å². The van der Waals surface area contributed by atoms with Gasteiger partial charge in [-0.25, -0.2) is 0 Å². The first-order chi connectivity index (χ1) is 9.13. The van der Waals surface area contributed by atoms with E-state index in [1.807, 2.05) is 19.1 Å². The van der Waals surface area contributed by atoms with Crippen LogP contribution in [-0.4, -0.2) is 18.4 Å². The minimum atomic E-state index is -0.650. The van der Waals surface area contributed by atoms with E-state index in [2.05, 4.69) is 0 Å². The lowest BCUT2D eigenvalue weighted by atomic mass is 9.97. The number of carbonyl (C=O) groups is 2. The van der Waals surface area contributed by atoms with Crippen LogP contribution in [0.15, 0.2) is 18.2 Å². The molecule has 0 saturated carbocycles. The molecule has 1 rings (SSSR count). The van der Waals surface area contributed by atoms with Crippen LogP contribution < -0.4 is 0 Å². The van der Waals surface area contributed by atoms with Crippen LogP contribution in [0.3, 0.4) is 0 Å². The van der Waals surface area contributed by atoms with Crippen LogP contribution in [0.5, 0.6) is 0 Å². The van der Waals surface area contributed by atoms with Gasteiger partial charge < -0.3 is 4.74 Å². The monoisotopic (exact) mass is 256 g/mol. The molecule has 0 saturated heterocycles. The van der Waals surface area contributed by atoms with Crippen LogP contribution in [0.2, 0.25) is 0 Å². The van der Waals surface area contributed by atoms with Crippen LogP contribution in [0.4, 0.5) is 0 Å². The molecule has 0 atom stereocenters. The van der Waals surface area contributed by atoms with Crippen molar-refractivity contribution in [3.63, 3.8) is 0 Å². The number of esters is 1. The second kappa shape index (κ2) is 6.93. The summed E-state index contributed by atoms with van der Waals surface area (Å²) in [6.45, 7) is 2.09. The molecule has 0 aromatic heterocycles. The summed E-state index contributed by atoms with van der Waals surface area (Å²) in [4.78, 5) is 23.4. The molecule has 5 heteroatoms. The fraction of sp³-hybridized carbons (Fsp3) is 0.286. The number of ketones is 1. The van der Waals surface area contributed by atoms with Gasteiger partial charge in [0.05, 0.1) is 35.4 Å². The van der Waals surface area contributed by atoms with Crippen molar-refractivity contribution in [1.82, 2.24) is 0 Å². The van der Waals surface area contributed by atoms with Crippen LogP contribution in [0.1, 0.15) is 41.3 Å². The number of hydrogen-bond acceptors (Lipinski definition) is 5. The number of Topliss-reactive ketones (excluding diaryl/α,β-unsaturated/α-hetero) is 1. The van der Waals surface area contributed by atoms with E-state index in [0.29, 0.717) is 6.42 Å². The molecule has 0 aliphatic heterocycles. The van der Waals surface area contributed by atoms with Gasteiger partial charge in [0, 0.05) is 0 Å². The minimum absolute atomic E-state index is 0.0130. The number of nitrogens with zero attached hydrogens (tertiary/aromatic N) is 2. The molecule has 0 unspecified atom stereocenters. The third-order valence-corrected chi connectivity index (χ3v) is 2.36. The molecule has 5 nitrogen and oxygen atoms in total. The fourth-order valence-corrected chi connectivity index (χ4v) is 1.53. The second-order valence-corrected chi connectivity index (χ2v) is 3.77. The van der Waals surface area contributed by atoms with Crippen molar-refractivity contribution < 1.29 is 14.3 Å². The van der Waals surface area contributed by atoms with Crippen LogP contribution >= 0.6 is 0 Å². The van der Waals surface area contributed by atoms with E-state index < -0.39 is 18.2 Å². The zero-order valence-electron chi connectivity index (χ0n) is 10.5. The van der Waals surface area contributed by atoms with Gasteiger partial charge in [-0.2, -0.15) is 10.5 Å². The topological polar surface area (TPSA) is 90.9 Å². The first-order valence-corrected chi connectivity index (χ1v) is 5.76. The Morgan fingerprint density at radius 1 is 1.21 bits per heavy atom. The van der Waals surface area contributed by atoms with Crippen LogP contribution in [-0.2, 0) is 9.53 Å². The van der Waals surface area contributed by atoms with Crippen molar-refractivity contribution in [3.05, 3.63) is 34.9 Å². The summed E-state index contributed by atoms with van der Waals surface area (Å²) in [5, 5.41) is 17.9. The third-order valence-electron chi connectivity index (χ3n) is 2.36. The molecular formula is C14H12N2O3. The highest BCUT2D eigenvalue weighted by molar-refractivity contribution is 6.08. The zero-order valence-corrected chi connectivity index (χ0v) is 10.5. The average molecular weight is 256 g/mol. The number of benzene rings is 1. The van der Waals surface area contributed by atoms with Gasteiger partial charge in [-0.1, -0.05) is 13.0 Å². The van der Waals surface area contributed by atoms with E-state index in [-0.39, 0.29) is 23.3 Å². The Morgan fingerprint density at radius 3 is 2.26 bits per heavy atom. The maximum atomic E-state index is 12.0. The molecule has 0 radical (unpaired) electrons. The molecule has 1 aromatic rings. The predicted octanol–water partition coefficient (Wildman–Crippen LogP) is 1.96. The third kappa shape index (κ3) is 3.65. The van der Waals surface area contributed by atoms with E-state index in [1.54, 1.807) is 0 Å². The molecular weight excluding hydrogens is 244 g/mol. The molecule has 0 spiro atoms. The minimum Gasteiger partial charge on any atom is -0.465 e. The molecule has 0 amide bonds. The lowest BCUT2D eigenvalue weighted by molar-refractivity contribution is -0.142. The lowest BCUT2D eigenvalue weighted by Gasteiger charge is -2.05. The molecule has 19 heavy (non-hydrogen) atoms. The van der Waals surface area contributed by atoms with E-state index >= 15 is 0 Å². The summed E-state index contributed by atoms with van der Waals surface area (Å²) >= 11 is 0. The van der Waals surface area contributed by atoms with Crippen molar-refractivity contribution >= 4 is 11.8 Å². The number of ether oxygens (including phenoxy) is 1. The summed E-state index contributed by atoms with van der Waals surface area (Å²) in [7, 11) is 0. The molecule has 0 bridgehead atoms. The van der Waals surface area contributed by atoms with Crippen molar-refractivity contribution in [2.45, 2.75) is 19.8 Å². The van der Waals surface area contributed by atoms with Crippen LogP contribution in [0, 0.1) is 22.7 Å². The number of carbonyl (C=O) groups excluding carboxylic acids is 2. The van der Waals surface area contributed by atoms with Gasteiger partial charge >= 0.3 is 5.97 Å². The molecule has 1 aromatic carbocycles. The van der Waals surface area contributed by atoms with Gasteiger partial charge in [0.25, 0.3) is 0 Å². The lowest BCUT2D eigenvalue weighted by Crippen LogP contribution is -2.14. The predicted molar refractivity (Wildman–Crippen MR) is 66.1 cm³/mol. The average Bonchev–Trinajstić information content (AvgIpc) is 2.43. The smallest absolute Gasteiger partial charge is 0.313 e. The Morgan fingerprint density at radius 2 is 1.79 bits per heavy atom. The molecule has 0 N–H and O–H groups in total. The standard InChI is InChI=1S/C14H12N2O3/c1-2-6-19-13(18)7-12(17)14-10(8-15)4-3-5-11(14)9-16/h3-5H,2,6-7H2,1H3. The molecule has 0 fully saturated rings. The summed E-state index contributed by atoms with van der Waals surface area (Å²) < 4.78 is 4.80. The quantitative estimate of drug-likeness (QED) is 0.456. The highest BCUT2D eigenvalue weighted by Crippen LogP contribution is 2.16. The molecule has 96 valence electrons. The maximum Gasteiger partial charge on any atom is 0.313 e. The Balaban J connectivity index is 2.97. The summed E-state index contributed by atoms with van der Waals surface area (Å²) in [5.41, 5.74) is 0.167. The van der Waals surface area contributed by atoms with Gasteiger partial charge in [0.15, 0.2) is 5.78 Å². The largest absolute Gasteiger partial charge is 0.465 e. The van der Waals surface area contributed by atoms with Gasteiger partial charge in [-0.15, -0.1) is 0 Å². The van der Waals surface area contributed by atoms with E-state index in [4.69, 9.17) is 15.3 Å².